The monoisotopic (exact) mass is 210 g/mol. The highest BCUT2D eigenvalue weighted by molar-refractivity contribution is 5.91. The summed E-state index contributed by atoms with van der Waals surface area (Å²) in [5.74, 6) is 0.825. The van der Waals surface area contributed by atoms with Crippen molar-refractivity contribution in [1.29, 1.82) is 0 Å². The van der Waals surface area contributed by atoms with E-state index < -0.39 is 0 Å². The summed E-state index contributed by atoms with van der Waals surface area (Å²) in [5, 5.41) is 0. The molecule has 0 bridgehead atoms. The van der Waals surface area contributed by atoms with Gasteiger partial charge < -0.3 is 10.3 Å². The van der Waals surface area contributed by atoms with Gasteiger partial charge in [0.15, 0.2) is 0 Å². The number of rotatable bonds is 2. The Morgan fingerprint density at radius 1 is 0.875 bits per heavy atom. The third-order valence-electron chi connectivity index (χ3n) is 2.07. The summed E-state index contributed by atoms with van der Waals surface area (Å²) in [6.45, 7) is 0. The van der Waals surface area contributed by atoms with Gasteiger partial charge in [0.25, 0.3) is 0 Å². The molecule has 0 spiro atoms. The molecule has 0 saturated heterocycles. The molecular weight excluding hydrogens is 200 g/mol. The van der Waals surface area contributed by atoms with E-state index in [2.05, 4.69) is 4.79 Å². The maximum atomic E-state index is 8.90. The fourth-order valence-corrected chi connectivity index (χ4v) is 1.32. The fourth-order valence-electron chi connectivity index (χ4n) is 1.32. The van der Waals surface area contributed by atoms with Gasteiger partial charge in [-0.05, 0) is 24.3 Å². The predicted molar refractivity (Wildman–Crippen MR) is 61.2 cm³/mol. The zero-order valence-corrected chi connectivity index (χ0v) is 8.58. The summed E-state index contributed by atoms with van der Waals surface area (Å²) in [4.78, 5) is 3.15. The van der Waals surface area contributed by atoms with Gasteiger partial charge >= 0.3 is 5.90 Å². The molecule has 0 heterocycles. The average molecular weight is 210 g/mol. The van der Waals surface area contributed by atoms with Crippen molar-refractivity contribution >= 4 is 5.90 Å². The average Bonchev–Trinajstić information content (AvgIpc) is 2.38. The number of benzene rings is 2. The predicted octanol–water partition coefficient (Wildman–Crippen LogP) is 2.74. The van der Waals surface area contributed by atoms with Gasteiger partial charge in [0, 0.05) is 0 Å². The summed E-state index contributed by atoms with van der Waals surface area (Å²) < 4.78 is 5.45. The quantitative estimate of drug-likeness (QED) is 0.325. The van der Waals surface area contributed by atoms with Gasteiger partial charge in [-0.3, -0.25) is 0 Å². The summed E-state index contributed by atoms with van der Waals surface area (Å²) in [5.41, 5.74) is 9.63. The van der Waals surface area contributed by atoms with Crippen LogP contribution < -0.4 is 4.74 Å². The van der Waals surface area contributed by atoms with E-state index in [1.165, 1.54) is 0 Å². The molecule has 0 atom stereocenters. The summed E-state index contributed by atoms with van der Waals surface area (Å²) >= 11 is 0. The van der Waals surface area contributed by atoms with Gasteiger partial charge in [-0.15, -0.1) is 4.79 Å². The van der Waals surface area contributed by atoms with E-state index in [-0.39, 0.29) is 5.90 Å². The van der Waals surface area contributed by atoms with Crippen LogP contribution in [0.25, 0.3) is 5.53 Å². The lowest BCUT2D eigenvalue weighted by molar-refractivity contribution is -0.0250. The zero-order chi connectivity index (χ0) is 11.2. The Bertz CT molecular complexity index is 502. The Kier molecular flexibility index (Phi) is 3.12. The van der Waals surface area contributed by atoms with Gasteiger partial charge in [-0.25, -0.2) is 0 Å². The highest BCUT2D eigenvalue weighted by atomic mass is 16.5. The van der Waals surface area contributed by atoms with Gasteiger partial charge in [-0.2, -0.15) is 0 Å². The van der Waals surface area contributed by atoms with Crippen molar-refractivity contribution in [1.82, 2.24) is 0 Å². The second-order valence-corrected chi connectivity index (χ2v) is 3.19. The molecule has 0 amide bonds. The van der Waals surface area contributed by atoms with Gasteiger partial charge in [0.1, 0.15) is 11.3 Å². The van der Waals surface area contributed by atoms with Crippen molar-refractivity contribution in [2.24, 2.45) is 0 Å². The van der Waals surface area contributed by atoms with Crippen LogP contribution in [0, 0.1) is 0 Å². The van der Waals surface area contributed by atoms with Crippen LogP contribution in [0.3, 0.4) is 0 Å². The first-order chi connectivity index (χ1) is 7.90. The maximum absolute atomic E-state index is 8.90. The molecule has 3 nitrogen and oxygen atoms in total. The van der Waals surface area contributed by atoms with Gasteiger partial charge in [0.2, 0.25) is 0 Å². The molecular formula is C13H10N2O. The van der Waals surface area contributed by atoms with E-state index in [4.69, 9.17) is 10.3 Å². The molecule has 0 unspecified atom stereocenters. The van der Waals surface area contributed by atoms with Crippen LogP contribution in [0.5, 0.6) is 5.75 Å². The number of nitrogens with zero attached hydrogens (tertiary/aromatic N) is 2. The Morgan fingerprint density at radius 3 is 2.00 bits per heavy atom. The summed E-state index contributed by atoms with van der Waals surface area (Å²) in [6.07, 6.45) is 0. The standard InChI is InChI=1S/C13H10N2O/c14-15-13(11-7-3-1-4-8-11)16-12-9-5-2-6-10-12/h1-10H. The van der Waals surface area contributed by atoms with E-state index in [1.807, 2.05) is 48.5 Å². The van der Waals surface area contributed by atoms with Crippen molar-refractivity contribution in [2.45, 2.75) is 0 Å². The molecule has 0 aliphatic heterocycles. The summed E-state index contributed by atoms with van der Waals surface area (Å²) in [7, 11) is 0. The molecule has 0 saturated carbocycles. The molecule has 78 valence electrons. The topological polar surface area (TPSA) is 45.6 Å². The Labute approximate surface area is 93.5 Å². The lowest BCUT2D eigenvalue weighted by Crippen LogP contribution is -2.11. The van der Waals surface area contributed by atoms with Gasteiger partial charge in [-0.1, -0.05) is 36.4 Å². The van der Waals surface area contributed by atoms with E-state index in [9.17, 15) is 0 Å². The minimum absolute atomic E-state index is 0.187. The molecule has 0 aromatic heterocycles. The minimum Gasteiger partial charge on any atom is -0.393 e. The Hall–Kier alpha value is -2.38. The van der Waals surface area contributed by atoms with Crippen molar-refractivity contribution in [3.05, 3.63) is 71.8 Å². The second kappa shape index (κ2) is 4.91. The SMILES string of the molecule is [N-]=[N+]=C(Oc1ccccc1)c1ccccc1. The van der Waals surface area contributed by atoms with Crippen LogP contribution >= 0.6 is 0 Å². The molecule has 0 radical (unpaired) electrons. The number of ether oxygens (including phenoxy) is 1. The summed E-state index contributed by atoms with van der Waals surface area (Å²) in [6, 6.07) is 18.4. The van der Waals surface area contributed by atoms with Crippen molar-refractivity contribution < 1.29 is 9.53 Å². The molecule has 2 rings (SSSR count). The van der Waals surface area contributed by atoms with Crippen LogP contribution in [0.4, 0.5) is 0 Å². The molecule has 3 heteroatoms. The zero-order valence-electron chi connectivity index (χ0n) is 8.58. The molecule has 0 N–H and O–H groups in total. The Morgan fingerprint density at radius 2 is 1.44 bits per heavy atom. The van der Waals surface area contributed by atoms with Crippen LogP contribution in [0.1, 0.15) is 5.56 Å². The van der Waals surface area contributed by atoms with Crippen molar-refractivity contribution in [2.75, 3.05) is 0 Å². The molecule has 0 aliphatic carbocycles. The van der Waals surface area contributed by atoms with E-state index in [0.29, 0.717) is 5.75 Å². The lowest BCUT2D eigenvalue weighted by Gasteiger charge is -1.99. The minimum atomic E-state index is 0.187. The van der Waals surface area contributed by atoms with E-state index >= 15 is 0 Å². The highest BCUT2D eigenvalue weighted by Crippen LogP contribution is 2.11. The third-order valence-corrected chi connectivity index (χ3v) is 2.07. The first-order valence-corrected chi connectivity index (χ1v) is 4.90. The molecule has 0 fully saturated rings. The van der Waals surface area contributed by atoms with Crippen LogP contribution in [0.15, 0.2) is 60.7 Å². The largest absolute Gasteiger partial charge is 0.487 e. The van der Waals surface area contributed by atoms with Crippen LogP contribution in [-0.4, -0.2) is 10.7 Å². The normalized spacial score (nSPS) is 9.25. The van der Waals surface area contributed by atoms with Crippen molar-refractivity contribution in [3.63, 3.8) is 0 Å². The highest BCUT2D eigenvalue weighted by Gasteiger charge is 2.13. The first-order valence-electron chi connectivity index (χ1n) is 4.90. The lowest BCUT2D eigenvalue weighted by atomic mass is 10.2. The van der Waals surface area contributed by atoms with Crippen molar-refractivity contribution in [3.8, 4) is 5.75 Å². The maximum Gasteiger partial charge on any atom is 0.487 e. The smallest absolute Gasteiger partial charge is 0.393 e. The second-order valence-electron chi connectivity index (χ2n) is 3.19. The number of para-hydroxylation sites is 1. The van der Waals surface area contributed by atoms with Crippen LogP contribution in [0.2, 0.25) is 0 Å². The third kappa shape index (κ3) is 2.35. The fraction of sp³-hybridized carbons (Fsp3) is 0. The van der Waals surface area contributed by atoms with Gasteiger partial charge in [0.05, 0.1) is 0 Å². The van der Waals surface area contributed by atoms with E-state index in [1.54, 1.807) is 12.1 Å². The van der Waals surface area contributed by atoms with Crippen LogP contribution in [-0.2, 0) is 0 Å². The van der Waals surface area contributed by atoms with E-state index in [0.717, 1.165) is 5.56 Å². The first kappa shape index (κ1) is 10.1. The molecule has 2 aromatic carbocycles. The number of hydrogen-bond acceptors (Lipinski definition) is 1. The molecule has 0 aliphatic rings. The molecule has 2 aromatic rings. The Balaban J connectivity index is 2.24. The number of hydrogen-bond donors (Lipinski definition) is 0. The molecule has 16 heavy (non-hydrogen) atoms.